The first kappa shape index (κ1) is 19.1. The number of hydrogen-bond acceptors (Lipinski definition) is 3. The molecular weight excluding hydrogens is 333 g/mol. The lowest BCUT2D eigenvalue weighted by Gasteiger charge is -2.45. The lowest BCUT2D eigenvalue weighted by atomic mass is 9.88. The quantitative estimate of drug-likeness (QED) is 0.895. The van der Waals surface area contributed by atoms with E-state index in [1.807, 2.05) is 6.92 Å². The average Bonchev–Trinajstić information content (AvgIpc) is 2.61. The molecule has 0 aromatic heterocycles. The molecule has 6 heteroatoms. The summed E-state index contributed by atoms with van der Waals surface area (Å²) in [5, 5.41) is 9.65. The highest BCUT2D eigenvalue weighted by atomic mass is 19.1. The van der Waals surface area contributed by atoms with E-state index < -0.39 is 6.09 Å². The van der Waals surface area contributed by atoms with Crippen LogP contribution >= 0.6 is 0 Å². The molecule has 144 valence electrons. The van der Waals surface area contributed by atoms with Gasteiger partial charge in [-0.15, -0.1) is 0 Å². The number of benzene rings is 1. The Morgan fingerprint density at radius 2 is 1.85 bits per heavy atom. The third-order valence-electron chi connectivity index (χ3n) is 6.25. The minimum atomic E-state index is -0.890. The number of likely N-dealkylation sites (tertiary alicyclic amines) is 2. The minimum Gasteiger partial charge on any atom is -0.465 e. The number of rotatable bonds is 3. The van der Waals surface area contributed by atoms with Crippen LogP contribution in [0.5, 0.6) is 0 Å². The molecule has 5 nitrogen and oxygen atoms in total. The fraction of sp³-hybridized carbons (Fsp3) is 0.650. The molecule has 2 aliphatic rings. The Bertz CT molecular complexity index is 646. The molecule has 0 unspecified atom stereocenters. The summed E-state index contributed by atoms with van der Waals surface area (Å²) < 4.78 is 13.5. The molecule has 0 bridgehead atoms. The van der Waals surface area contributed by atoms with Crippen molar-refractivity contribution in [2.75, 3.05) is 33.7 Å². The fourth-order valence-corrected chi connectivity index (χ4v) is 4.55. The van der Waals surface area contributed by atoms with Gasteiger partial charge in [0.05, 0.1) is 6.04 Å². The predicted octanol–water partition coefficient (Wildman–Crippen LogP) is 3.34. The highest BCUT2D eigenvalue weighted by molar-refractivity contribution is 5.66. The van der Waals surface area contributed by atoms with Crippen LogP contribution in [0.3, 0.4) is 0 Å². The van der Waals surface area contributed by atoms with Gasteiger partial charge in [0.2, 0.25) is 0 Å². The van der Waals surface area contributed by atoms with Crippen molar-refractivity contribution in [3.8, 4) is 0 Å². The summed E-state index contributed by atoms with van der Waals surface area (Å²) in [5.74, 6) is -0.274. The molecule has 26 heavy (non-hydrogen) atoms. The number of amides is 1. The van der Waals surface area contributed by atoms with E-state index in [9.17, 15) is 14.3 Å². The van der Waals surface area contributed by atoms with Crippen LogP contribution < -0.4 is 0 Å². The minimum absolute atomic E-state index is 0.208. The zero-order chi connectivity index (χ0) is 18.8. The lowest BCUT2D eigenvalue weighted by molar-refractivity contribution is 0.0397. The van der Waals surface area contributed by atoms with Gasteiger partial charge in [-0.1, -0.05) is 6.07 Å². The van der Waals surface area contributed by atoms with Gasteiger partial charge in [-0.3, -0.25) is 0 Å². The normalized spacial score (nSPS) is 25.7. The molecule has 3 rings (SSSR count). The van der Waals surface area contributed by atoms with E-state index in [2.05, 4.69) is 23.9 Å². The zero-order valence-corrected chi connectivity index (χ0v) is 16.0. The van der Waals surface area contributed by atoms with Crippen molar-refractivity contribution in [1.82, 2.24) is 14.7 Å². The molecule has 2 fully saturated rings. The van der Waals surface area contributed by atoms with Crippen LogP contribution in [0.4, 0.5) is 9.18 Å². The van der Waals surface area contributed by atoms with E-state index >= 15 is 0 Å². The molecule has 0 saturated carbocycles. The number of carboxylic acid groups (broad SMARTS) is 1. The standard InChI is InChI=1S/C20H30FN3O2/c1-14-12-15(21)4-5-18(14)19-13-17(8-11-24(19)20(25)26)23(3)16-6-9-22(2)10-7-16/h4-5,12,16-17,19H,6-11,13H2,1-3H3,(H,25,26)/t17-,19-/m1/s1. The van der Waals surface area contributed by atoms with Gasteiger partial charge in [-0.25, -0.2) is 9.18 Å². The Morgan fingerprint density at radius 1 is 1.19 bits per heavy atom. The maximum Gasteiger partial charge on any atom is 0.407 e. The molecule has 1 N–H and O–H groups in total. The number of piperidine rings is 2. The van der Waals surface area contributed by atoms with E-state index in [1.54, 1.807) is 6.07 Å². The van der Waals surface area contributed by atoms with Crippen molar-refractivity contribution in [3.05, 3.63) is 35.1 Å². The maximum atomic E-state index is 13.5. The molecule has 0 aliphatic carbocycles. The maximum absolute atomic E-state index is 13.5. The van der Waals surface area contributed by atoms with Crippen molar-refractivity contribution >= 4 is 6.09 Å². The van der Waals surface area contributed by atoms with Gasteiger partial charge in [-0.2, -0.15) is 0 Å². The monoisotopic (exact) mass is 363 g/mol. The molecule has 1 aromatic carbocycles. The van der Waals surface area contributed by atoms with E-state index in [4.69, 9.17) is 0 Å². The van der Waals surface area contributed by atoms with Gasteiger partial charge in [-0.05, 0) is 83.1 Å². The van der Waals surface area contributed by atoms with Crippen molar-refractivity contribution in [2.24, 2.45) is 0 Å². The summed E-state index contributed by atoms with van der Waals surface area (Å²) in [6, 6.07) is 5.40. The summed E-state index contributed by atoms with van der Waals surface area (Å²) in [6.07, 6.45) is 3.05. The van der Waals surface area contributed by atoms with Crippen molar-refractivity contribution < 1.29 is 14.3 Å². The van der Waals surface area contributed by atoms with E-state index in [0.717, 1.165) is 49.9 Å². The van der Waals surface area contributed by atoms with Crippen LogP contribution in [0.1, 0.15) is 42.9 Å². The van der Waals surface area contributed by atoms with Crippen LogP contribution in [-0.4, -0.2) is 71.7 Å². The second kappa shape index (κ2) is 7.92. The number of nitrogens with zero attached hydrogens (tertiary/aromatic N) is 3. The number of aryl methyl sites for hydroxylation is 1. The van der Waals surface area contributed by atoms with Gasteiger partial charge < -0.3 is 19.8 Å². The Balaban J connectivity index is 1.78. The third-order valence-corrected chi connectivity index (χ3v) is 6.25. The largest absolute Gasteiger partial charge is 0.465 e. The van der Waals surface area contributed by atoms with Crippen LogP contribution in [0.15, 0.2) is 18.2 Å². The highest BCUT2D eigenvalue weighted by Gasteiger charge is 2.37. The molecule has 1 aromatic rings. The first-order chi connectivity index (χ1) is 12.4. The van der Waals surface area contributed by atoms with Gasteiger partial charge in [0, 0.05) is 18.6 Å². The number of hydrogen-bond donors (Lipinski definition) is 1. The SMILES string of the molecule is Cc1cc(F)ccc1[C@H]1C[C@H](N(C)C2CCN(C)CC2)CCN1C(=O)O. The summed E-state index contributed by atoms with van der Waals surface area (Å²) in [7, 11) is 4.35. The fourth-order valence-electron chi connectivity index (χ4n) is 4.55. The second-order valence-electron chi connectivity index (χ2n) is 7.87. The van der Waals surface area contributed by atoms with E-state index in [-0.39, 0.29) is 11.9 Å². The Morgan fingerprint density at radius 3 is 2.46 bits per heavy atom. The van der Waals surface area contributed by atoms with Crippen molar-refractivity contribution in [3.63, 3.8) is 0 Å². The summed E-state index contributed by atoms with van der Waals surface area (Å²) in [4.78, 5) is 18.1. The average molecular weight is 363 g/mol. The molecule has 2 atom stereocenters. The van der Waals surface area contributed by atoms with Crippen molar-refractivity contribution in [1.29, 1.82) is 0 Å². The van der Waals surface area contributed by atoms with Crippen LogP contribution in [0.2, 0.25) is 0 Å². The first-order valence-corrected chi connectivity index (χ1v) is 9.53. The van der Waals surface area contributed by atoms with E-state index in [0.29, 0.717) is 18.6 Å². The van der Waals surface area contributed by atoms with Gasteiger partial charge in [0.1, 0.15) is 5.82 Å². The molecule has 0 spiro atoms. The molecule has 2 aliphatic heterocycles. The molecule has 2 saturated heterocycles. The predicted molar refractivity (Wildman–Crippen MR) is 99.9 cm³/mol. The smallest absolute Gasteiger partial charge is 0.407 e. The number of halogens is 1. The molecule has 0 radical (unpaired) electrons. The Kier molecular flexibility index (Phi) is 5.82. The van der Waals surface area contributed by atoms with Crippen LogP contribution in [-0.2, 0) is 0 Å². The highest BCUT2D eigenvalue weighted by Crippen LogP contribution is 2.36. The van der Waals surface area contributed by atoms with Gasteiger partial charge in [0.25, 0.3) is 0 Å². The summed E-state index contributed by atoms with van der Waals surface area (Å²) in [6.45, 7) is 4.62. The Hall–Kier alpha value is -1.66. The van der Waals surface area contributed by atoms with Crippen LogP contribution in [0.25, 0.3) is 0 Å². The van der Waals surface area contributed by atoms with Crippen molar-refractivity contribution in [2.45, 2.75) is 50.7 Å². The topological polar surface area (TPSA) is 47.0 Å². The Labute approximate surface area is 155 Å². The van der Waals surface area contributed by atoms with Gasteiger partial charge >= 0.3 is 6.09 Å². The zero-order valence-electron chi connectivity index (χ0n) is 16.0. The summed E-state index contributed by atoms with van der Waals surface area (Å²) >= 11 is 0. The number of carbonyl (C=O) groups is 1. The van der Waals surface area contributed by atoms with Crippen LogP contribution in [0, 0.1) is 12.7 Å². The second-order valence-corrected chi connectivity index (χ2v) is 7.87. The first-order valence-electron chi connectivity index (χ1n) is 9.53. The molecular formula is C20H30FN3O2. The molecule has 2 heterocycles. The van der Waals surface area contributed by atoms with Gasteiger partial charge in [0.15, 0.2) is 0 Å². The van der Waals surface area contributed by atoms with E-state index in [1.165, 1.54) is 17.0 Å². The third kappa shape index (κ3) is 4.01. The summed E-state index contributed by atoms with van der Waals surface area (Å²) in [5.41, 5.74) is 1.75. The lowest BCUT2D eigenvalue weighted by Crippen LogP contribution is -2.51. The molecule has 1 amide bonds.